The highest BCUT2D eigenvalue weighted by atomic mass is 16.3. The van der Waals surface area contributed by atoms with Crippen LogP contribution in [0.3, 0.4) is 0 Å². The molecule has 0 aliphatic carbocycles. The van der Waals surface area contributed by atoms with E-state index >= 15 is 0 Å². The number of rotatable bonds is 4. The van der Waals surface area contributed by atoms with Gasteiger partial charge in [-0.25, -0.2) is 0 Å². The maximum Gasteiger partial charge on any atom is 0.115 e. The second-order valence-corrected chi connectivity index (χ2v) is 4.11. The van der Waals surface area contributed by atoms with Crippen molar-refractivity contribution in [2.75, 3.05) is 0 Å². The summed E-state index contributed by atoms with van der Waals surface area (Å²) < 4.78 is 5.50. The van der Waals surface area contributed by atoms with E-state index in [1.165, 1.54) is 5.56 Å². The predicted molar refractivity (Wildman–Crippen MR) is 70.9 cm³/mol. The van der Waals surface area contributed by atoms with Gasteiger partial charge in [0, 0.05) is 0 Å². The van der Waals surface area contributed by atoms with Crippen molar-refractivity contribution in [2.24, 2.45) is 0 Å². The van der Waals surface area contributed by atoms with Gasteiger partial charge in [-0.15, -0.1) is 0 Å². The Hall–Kier alpha value is -2.02. The van der Waals surface area contributed by atoms with Crippen LogP contribution in [0.2, 0.25) is 0 Å². The van der Waals surface area contributed by atoms with Gasteiger partial charge in [0.2, 0.25) is 0 Å². The van der Waals surface area contributed by atoms with Crippen molar-refractivity contribution in [1.82, 2.24) is 0 Å². The predicted octanol–water partition coefficient (Wildman–Crippen LogP) is 4.54. The molecule has 17 heavy (non-hydrogen) atoms. The van der Waals surface area contributed by atoms with Crippen LogP contribution in [0.4, 0.5) is 0 Å². The normalized spacial score (nSPS) is 12.8. The second-order valence-electron chi connectivity index (χ2n) is 4.11. The van der Waals surface area contributed by atoms with E-state index in [4.69, 9.17) is 4.42 Å². The van der Waals surface area contributed by atoms with Crippen LogP contribution in [0, 0.1) is 0 Å². The summed E-state index contributed by atoms with van der Waals surface area (Å²) in [7, 11) is 0. The average Bonchev–Trinajstić information content (AvgIpc) is 2.84. The molecule has 2 rings (SSSR count). The SMILES string of the molecule is C=C(C)/C=C/[C@@H](c1ccccc1)c1ccco1. The third-order valence-corrected chi connectivity index (χ3v) is 2.58. The monoisotopic (exact) mass is 224 g/mol. The Bertz CT molecular complexity index is 492. The number of furan rings is 1. The molecule has 1 atom stereocenters. The molecule has 0 amide bonds. The molecule has 0 aliphatic heterocycles. The van der Waals surface area contributed by atoms with Crippen LogP contribution in [0.25, 0.3) is 0 Å². The number of hydrogen-bond donors (Lipinski definition) is 0. The Morgan fingerprint density at radius 3 is 2.53 bits per heavy atom. The van der Waals surface area contributed by atoms with Crippen molar-refractivity contribution in [3.05, 3.63) is 84.4 Å². The lowest BCUT2D eigenvalue weighted by molar-refractivity contribution is 0.506. The first-order valence-corrected chi connectivity index (χ1v) is 5.69. The van der Waals surface area contributed by atoms with E-state index < -0.39 is 0 Å². The molecule has 1 heterocycles. The zero-order valence-corrected chi connectivity index (χ0v) is 9.97. The molecule has 0 spiro atoms. The molecular weight excluding hydrogens is 208 g/mol. The van der Waals surface area contributed by atoms with Crippen molar-refractivity contribution in [2.45, 2.75) is 12.8 Å². The molecule has 0 bridgehead atoms. The van der Waals surface area contributed by atoms with Crippen molar-refractivity contribution in [1.29, 1.82) is 0 Å². The zero-order valence-electron chi connectivity index (χ0n) is 9.97. The van der Waals surface area contributed by atoms with Gasteiger partial charge in [-0.3, -0.25) is 0 Å². The van der Waals surface area contributed by atoms with Gasteiger partial charge in [0.25, 0.3) is 0 Å². The molecule has 1 aromatic heterocycles. The highest BCUT2D eigenvalue weighted by Gasteiger charge is 2.12. The molecule has 1 nitrogen and oxygen atoms in total. The fourth-order valence-electron chi connectivity index (χ4n) is 1.76. The van der Waals surface area contributed by atoms with Crippen LogP contribution < -0.4 is 0 Å². The van der Waals surface area contributed by atoms with Gasteiger partial charge < -0.3 is 4.42 Å². The van der Waals surface area contributed by atoms with Gasteiger partial charge in [-0.2, -0.15) is 0 Å². The Kier molecular flexibility index (Phi) is 3.61. The Morgan fingerprint density at radius 2 is 1.94 bits per heavy atom. The van der Waals surface area contributed by atoms with Gasteiger partial charge >= 0.3 is 0 Å². The Morgan fingerprint density at radius 1 is 1.18 bits per heavy atom. The Balaban J connectivity index is 2.35. The van der Waals surface area contributed by atoms with Crippen LogP contribution in [0.1, 0.15) is 24.2 Å². The van der Waals surface area contributed by atoms with Crippen LogP contribution in [-0.4, -0.2) is 0 Å². The minimum atomic E-state index is 0.155. The topological polar surface area (TPSA) is 13.1 Å². The summed E-state index contributed by atoms with van der Waals surface area (Å²) >= 11 is 0. The molecule has 2 aromatic rings. The lowest BCUT2D eigenvalue weighted by Crippen LogP contribution is -1.95. The number of benzene rings is 1. The third-order valence-electron chi connectivity index (χ3n) is 2.58. The first-order chi connectivity index (χ1) is 8.27. The average molecular weight is 224 g/mol. The van der Waals surface area contributed by atoms with Gasteiger partial charge in [-0.1, -0.05) is 54.6 Å². The fourth-order valence-corrected chi connectivity index (χ4v) is 1.76. The maximum atomic E-state index is 5.50. The van der Waals surface area contributed by atoms with Gasteiger partial charge in [0.1, 0.15) is 5.76 Å². The van der Waals surface area contributed by atoms with Crippen LogP contribution in [0.15, 0.2) is 77.4 Å². The summed E-state index contributed by atoms with van der Waals surface area (Å²) in [6.45, 7) is 5.87. The summed E-state index contributed by atoms with van der Waals surface area (Å²) in [5, 5.41) is 0. The van der Waals surface area contributed by atoms with Crippen molar-refractivity contribution in [3.63, 3.8) is 0 Å². The molecule has 0 radical (unpaired) electrons. The van der Waals surface area contributed by atoms with Crippen LogP contribution >= 0.6 is 0 Å². The minimum absolute atomic E-state index is 0.155. The van der Waals surface area contributed by atoms with Crippen LogP contribution in [-0.2, 0) is 0 Å². The molecule has 0 aliphatic rings. The molecular formula is C16H16O. The number of hydrogen-bond acceptors (Lipinski definition) is 1. The van der Waals surface area contributed by atoms with Crippen LogP contribution in [0.5, 0.6) is 0 Å². The second kappa shape index (κ2) is 5.35. The minimum Gasteiger partial charge on any atom is -0.468 e. The van der Waals surface area contributed by atoms with E-state index in [-0.39, 0.29) is 5.92 Å². The van der Waals surface area contributed by atoms with Crippen molar-refractivity contribution < 1.29 is 4.42 Å². The van der Waals surface area contributed by atoms with E-state index in [0.29, 0.717) is 0 Å². The third kappa shape index (κ3) is 2.97. The molecule has 0 fully saturated rings. The molecule has 0 saturated carbocycles. The van der Waals surface area contributed by atoms with E-state index in [0.717, 1.165) is 11.3 Å². The quantitative estimate of drug-likeness (QED) is 0.695. The lowest BCUT2D eigenvalue weighted by Gasteiger charge is -2.10. The molecule has 86 valence electrons. The molecule has 1 heteroatoms. The molecule has 0 unspecified atom stereocenters. The highest BCUT2D eigenvalue weighted by molar-refractivity contribution is 5.33. The summed E-state index contributed by atoms with van der Waals surface area (Å²) in [6.07, 6.45) is 5.86. The summed E-state index contributed by atoms with van der Waals surface area (Å²) in [4.78, 5) is 0. The summed E-state index contributed by atoms with van der Waals surface area (Å²) in [5.74, 6) is 1.11. The summed E-state index contributed by atoms with van der Waals surface area (Å²) in [6, 6.07) is 14.2. The van der Waals surface area contributed by atoms with Gasteiger partial charge in [0.05, 0.1) is 12.2 Å². The molecule has 0 saturated heterocycles. The largest absolute Gasteiger partial charge is 0.468 e. The molecule has 0 N–H and O–H groups in total. The first-order valence-electron chi connectivity index (χ1n) is 5.69. The standard InChI is InChI=1S/C16H16O/c1-13(2)10-11-15(16-9-6-12-17-16)14-7-4-3-5-8-14/h3-12,15H,1H2,2H3/b11-10+/t15-/m0/s1. The summed E-state index contributed by atoms with van der Waals surface area (Å²) in [5.41, 5.74) is 2.26. The maximum absolute atomic E-state index is 5.50. The Labute approximate surface area is 102 Å². The smallest absolute Gasteiger partial charge is 0.115 e. The van der Waals surface area contributed by atoms with E-state index in [1.807, 2.05) is 43.3 Å². The lowest BCUT2D eigenvalue weighted by atomic mass is 9.95. The number of allylic oxidation sites excluding steroid dienone is 3. The van der Waals surface area contributed by atoms with Crippen molar-refractivity contribution >= 4 is 0 Å². The van der Waals surface area contributed by atoms with E-state index in [2.05, 4.69) is 24.8 Å². The fraction of sp³-hybridized carbons (Fsp3) is 0.125. The van der Waals surface area contributed by atoms with E-state index in [9.17, 15) is 0 Å². The first kappa shape index (κ1) is 11.5. The molecule has 1 aromatic carbocycles. The highest BCUT2D eigenvalue weighted by Crippen LogP contribution is 2.26. The van der Waals surface area contributed by atoms with Gasteiger partial charge in [0.15, 0.2) is 0 Å². The van der Waals surface area contributed by atoms with Gasteiger partial charge in [-0.05, 0) is 24.6 Å². The van der Waals surface area contributed by atoms with Crippen molar-refractivity contribution in [3.8, 4) is 0 Å². The zero-order chi connectivity index (χ0) is 12.1. The van der Waals surface area contributed by atoms with E-state index in [1.54, 1.807) is 6.26 Å².